The molecule has 10 heteroatoms. The maximum absolute atomic E-state index is 11.0. The average Bonchev–Trinajstić information content (AvgIpc) is 3.34. The Hall–Kier alpha value is -2.52. The van der Waals surface area contributed by atoms with Crippen LogP contribution in [0.2, 0.25) is 10.0 Å². The van der Waals surface area contributed by atoms with Crippen molar-refractivity contribution in [2.75, 3.05) is 38.2 Å². The Labute approximate surface area is 205 Å². The fraction of sp³-hybridized carbons (Fsp3) is 0.304. The Bertz CT molecular complexity index is 1280. The molecule has 7 nitrogen and oxygen atoms in total. The smallest absolute Gasteiger partial charge is 0.230 e. The van der Waals surface area contributed by atoms with E-state index in [1.54, 1.807) is 13.2 Å². The summed E-state index contributed by atoms with van der Waals surface area (Å²) >= 11 is 14.0. The van der Waals surface area contributed by atoms with E-state index in [0.29, 0.717) is 20.8 Å². The molecule has 5 rings (SSSR count). The molecule has 1 N–H and O–H groups in total. The number of anilines is 1. The van der Waals surface area contributed by atoms with Gasteiger partial charge in [-0.15, -0.1) is 5.10 Å². The molecule has 33 heavy (non-hydrogen) atoms. The summed E-state index contributed by atoms with van der Waals surface area (Å²) in [5.41, 5.74) is 2.14. The zero-order chi connectivity index (χ0) is 23.1. The number of hydrogen-bond acceptors (Lipinski definition) is 7. The Morgan fingerprint density at radius 1 is 1.03 bits per heavy atom. The molecule has 1 aliphatic heterocycles. The minimum absolute atomic E-state index is 0.115. The highest BCUT2D eigenvalue weighted by Crippen LogP contribution is 2.41. The van der Waals surface area contributed by atoms with Gasteiger partial charge in [0.2, 0.25) is 10.8 Å². The van der Waals surface area contributed by atoms with Gasteiger partial charge in [0.1, 0.15) is 11.6 Å². The SMILES string of the molecule is COc1ccc(N2CCN(C(c3ccc(Cl)c(Cl)c3)c3sc4nc(C)nn4c3O)CC2)cc1. The van der Waals surface area contributed by atoms with Gasteiger partial charge in [-0.05, 0) is 48.9 Å². The first-order valence-corrected chi connectivity index (χ1v) is 12.1. The maximum Gasteiger partial charge on any atom is 0.230 e. The molecule has 172 valence electrons. The molecule has 2 aromatic carbocycles. The number of aromatic hydroxyl groups is 1. The van der Waals surface area contributed by atoms with E-state index in [4.69, 9.17) is 27.9 Å². The second-order valence-electron chi connectivity index (χ2n) is 7.94. The van der Waals surface area contributed by atoms with E-state index in [0.717, 1.165) is 42.4 Å². The van der Waals surface area contributed by atoms with Crippen molar-refractivity contribution in [2.45, 2.75) is 13.0 Å². The number of aromatic nitrogens is 3. The Balaban J connectivity index is 1.46. The zero-order valence-electron chi connectivity index (χ0n) is 18.2. The zero-order valence-corrected chi connectivity index (χ0v) is 20.5. The number of fused-ring (bicyclic) bond motifs is 1. The third-order valence-corrected chi connectivity index (χ3v) is 7.74. The second kappa shape index (κ2) is 9.02. The molecule has 0 saturated carbocycles. The summed E-state index contributed by atoms with van der Waals surface area (Å²) in [6.07, 6.45) is 0. The molecule has 0 aliphatic carbocycles. The molecule has 0 bridgehead atoms. The van der Waals surface area contributed by atoms with Gasteiger partial charge >= 0.3 is 0 Å². The fourth-order valence-electron chi connectivity index (χ4n) is 4.27. The minimum Gasteiger partial charge on any atom is -0.497 e. The van der Waals surface area contributed by atoms with Crippen molar-refractivity contribution in [3.63, 3.8) is 0 Å². The molecular formula is C23H23Cl2N5O2S. The summed E-state index contributed by atoms with van der Waals surface area (Å²) in [4.78, 5) is 10.6. The summed E-state index contributed by atoms with van der Waals surface area (Å²) in [5, 5.41) is 16.4. The van der Waals surface area contributed by atoms with E-state index in [9.17, 15) is 5.11 Å². The van der Waals surface area contributed by atoms with Gasteiger partial charge in [0.05, 0.1) is 28.1 Å². The molecule has 1 atom stereocenters. The number of benzene rings is 2. The lowest BCUT2D eigenvalue weighted by Gasteiger charge is -2.40. The maximum atomic E-state index is 11.0. The van der Waals surface area contributed by atoms with Crippen LogP contribution in [-0.2, 0) is 0 Å². The number of methoxy groups -OCH3 is 1. The van der Waals surface area contributed by atoms with Crippen LogP contribution in [0.1, 0.15) is 22.3 Å². The van der Waals surface area contributed by atoms with Crippen molar-refractivity contribution in [2.24, 2.45) is 0 Å². The van der Waals surface area contributed by atoms with Gasteiger partial charge in [-0.3, -0.25) is 4.90 Å². The molecule has 1 fully saturated rings. The highest BCUT2D eigenvalue weighted by Gasteiger charge is 2.32. The lowest BCUT2D eigenvalue weighted by molar-refractivity contribution is 0.211. The molecule has 0 amide bonds. The number of thiazole rings is 1. The standard InChI is InChI=1S/C23H23Cl2N5O2S/c1-14-26-23-30(27-14)22(31)21(33-23)20(15-3-8-18(24)19(25)13-15)29-11-9-28(10-12-29)16-4-6-17(32-2)7-5-16/h3-8,13,20,31H,9-12H2,1-2H3. The second-order valence-corrected chi connectivity index (χ2v) is 9.76. The molecule has 3 heterocycles. The number of aryl methyl sites for hydroxylation is 1. The van der Waals surface area contributed by atoms with Crippen LogP contribution in [-0.4, -0.2) is 57.9 Å². The number of piperazine rings is 1. The molecule has 2 aromatic heterocycles. The van der Waals surface area contributed by atoms with Gasteiger partial charge in [0.25, 0.3) is 0 Å². The Morgan fingerprint density at radius 3 is 2.39 bits per heavy atom. The Kier molecular flexibility index (Phi) is 6.09. The van der Waals surface area contributed by atoms with Crippen molar-refractivity contribution < 1.29 is 9.84 Å². The van der Waals surface area contributed by atoms with Crippen LogP contribution >= 0.6 is 34.5 Å². The number of hydrogen-bond donors (Lipinski definition) is 1. The summed E-state index contributed by atoms with van der Waals surface area (Å²) in [5.74, 6) is 1.59. The predicted molar refractivity (Wildman–Crippen MR) is 132 cm³/mol. The number of rotatable bonds is 5. The van der Waals surface area contributed by atoms with E-state index in [2.05, 4.69) is 32.0 Å². The molecule has 1 saturated heterocycles. The van der Waals surface area contributed by atoms with Crippen LogP contribution in [0.25, 0.3) is 4.96 Å². The normalized spacial score (nSPS) is 15.8. The van der Waals surface area contributed by atoms with E-state index >= 15 is 0 Å². The van der Waals surface area contributed by atoms with Crippen molar-refractivity contribution >= 4 is 45.2 Å². The van der Waals surface area contributed by atoms with E-state index in [1.165, 1.54) is 21.5 Å². The van der Waals surface area contributed by atoms with Gasteiger partial charge in [-0.2, -0.15) is 4.52 Å². The molecule has 4 aromatic rings. The number of ether oxygens (including phenoxy) is 1. The lowest BCUT2D eigenvalue weighted by atomic mass is 10.0. The summed E-state index contributed by atoms with van der Waals surface area (Å²) in [6, 6.07) is 13.6. The third-order valence-electron chi connectivity index (χ3n) is 5.93. The summed E-state index contributed by atoms with van der Waals surface area (Å²) in [6.45, 7) is 5.13. The first kappa shape index (κ1) is 22.3. The van der Waals surface area contributed by atoms with E-state index in [-0.39, 0.29) is 11.9 Å². The predicted octanol–water partition coefficient (Wildman–Crippen LogP) is 5.03. The van der Waals surface area contributed by atoms with Gasteiger partial charge in [-0.25, -0.2) is 4.98 Å². The topological polar surface area (TPSA) is 66.1 Å². The van der Waals surface area contributed by atoms with Crippen LogP contribution in [0.5, 0.6) is 11.6 Å². The van der Waals surface area contributed by atoms with Gasteiger partial charge in [0, 0.05) is 31.9 Å². The van der Waals surface area contributed by atoms with Crippen LogP contribution in [0.3, 0.4) is 0 Å². The van der Waals surface area contributed by atoms with Crippen LogP contribution < -0.4 is 9.64 Å². The van der Waals surface area contributed by atoms with E-state index < -0.39 is 0 Å². The van der Waals surface area contributed by atoms with Crippen molar-refractivity contribution in [1.82, 2.24) is 19.5 Å². The van der Waals surface area contributed by atoms with Crippen LogP contribution in [0.15, 0.2) is 42.5 Å². The first-order valence-electron chi connectivity index (χ1n) is 10.6. The quantitative estimate of drug-likeness (QED) is 0.411. The molecular weight excluding hydrogens is 481 g/mol. The average molecular weight is 504 g/mol. The van der Waals surface area contributed by atoms with Gasteiger partial charge in [0.15, 0.2) is 0 Å². The first-order chi connectivity index (χ1) is 15.9. The van der Waals surface area contributed by atoms with Crippen LogP contribution in [0.4, 0.5) is 5.69 Å². The number of halogens is 2. The van der Waals surface area contributed by atoms with Crippen molar-refractivity contribution in [3.8, 4) is 11.6 Å². The van der Waals surface area contributed by atoms with Crippen molar-refractivity contribution in [3.05, 3.63) is 68.8 Å². The van der Waals surface area contributed by atoms with Gasteiger partial charge in [-0.1, -0.05) is 40.6 Å². The largest absolute Gasteiger partial charge is 0.497 e. The molecule has 0 radical (unpaired) electrons. The van der Waals surface area contributed by atoms with Gasteiger partial charge < -0.3 is 14.7 Å². The number of nitrogens with zero attached hydrogens (tertiary/aromatic N) is 5. The molecule has 0 spiro atoms. The van der Waals surface area contributed by atoms with E-state index in [1.807, 2.05) is 31.2 Å². The third kappa shape index (κ3) is 4.24. The monoisotopic (exact) mass is 503 g/mol. The fourth-order valence-corrected chi connectivity index (χ4v) is 5.74. The highest BCUT2D eigenvalue weighted by atomic mass is 35.5. The molecule has 1 unspecified atom stereocenters. The summed E-state index contributed by atoms with van der Waals surface area (Å²) < 4.78 is 6.78. The lowest BCUT2D eigenvalue weighted by Crippen LogP contribution is -2.47. The minimum atomic E-state index is -0.188. The summed E-state index contributed by atoms with van der Waals surface area (Å²) in [7, 11) is 1.67. The van der Waals surface area contributed by atoms with Crippen LogP contribution in [0, 0.1) is 6.92 Å². The molecule has 1 aliphatic rings. The highest BCUT2D eigenvalue weighted by molar-refractivity contribution is 7.17. The van der Waals surface area contributed by atoms with Crippen molar-refractivity contribution in [1.29, 1.82) is 0 Å². The Morgan fingerprint density at radius 2 is 1.76 bits per heavy atom.